The van der Waals surface area contributed by atoms with E-state index < -0.39 is 11.7 Å². The normalized spacial score (nSPS) is 14.5. The molecule has 1 aromatic heterocycles. The van der Waals surface area contributed by atoms with Crippen molar-refractivity contribution < 1.29 is 18.0 Å². The van der Waals surface area contributed by atoms with Crippen LogP contribution in [0.2, 0.25) is 0 Å². The molecule has 1 amide bonds. The fourth-order valence-corrected chi connectivity index (χ4v) is 3.10. The Bertz CT molecular complexity index is 972. The molecule has 0 aliphatic heterocycles. The van der Waals surface area contributed by atoms with Gasteiger partial charge in [0.25, 0.3) is 5.91 Å². The number of alkyl halides is 3. The average Bonchev–Trinajstić information content (AvgIpc) is 3.40. The van der Waals surface area contributed by atoms with E-state index in [0.717, 1.165) is 41.6 Å². The Morgan fingerprint density at radius 1 is 1.15 bits per heavy atom. The molecule has 1 aliphatic carbocycles. The van der Waals surface area contributed by atoms with Crippen molar-refractivity contribution in [2.75, 3.05) is 6.54 Å². The summed E-state index contributed by atoms with van der Waals surface area (Å²) in [5.41, 5.74) is 2.41. The van der Waals surface area contributed by atoms with Crippen LogP contribution in [0.1, 0.15) is 40.4 Å². The van der Waals surface area contributed by atoms with Crippen LogP contribution in [0.4, 0.5) is 13.2 Å². The Kier molecular flexibility index (Phi) is 4.37. The average molecular weight is 373 g/mol. The van der Waals surface area contributed by atoms with Gasteiger partial charge in [0.05, 0.1) is 22.9 Å². The summed E-state index contributed by atoms with van der Waals surface area (Å²) in [6.07, 6.45) is 0.268. The van der Waals surface area contributed by atoms with Crippen LogP contribution >= 0.6 is 0 Å². The van der Waals surface area contributed by atoms with Gasteiger partial charge < -0.3 is 9.88 Å². The van der Waals surface area contributed by atoms with E-state index in [0.29, 0.717) is 24.6 Å². The van der Waals surface area contributed by atoms with E-state index in [4.69, 9.17) is 0 Å². The van der Waals surface area contributed by atoms with Crippen molar-refractivity contribution in [1.29, 1.82) is 0 Å². The second-order valence-corrected chi connectivity index (χ2v) is 6.79. The van der Waals surface area contributed by atoms with Crippen LogP contribution < -0.4 is 5.32 Å². The van der Waals surface area contributed by atoms with Crippen LogP contribution in [0, 0.1) is 0 Å². The molecule has 0 spiro atoms. The molecule has 4 rings (SSSR count). The quantitative estimate of drug-likeness (QED) is 0.722. The van der Waals surface area contributed by atoms with E-state index in [2.05, 4.69) is 14.9 Å². The minimum Gasteiger partial charge on any atom is -0.352 e. The van der Waals surface area contributed by atoms with Gasteiger partial charge in [-0.1, -0.05) is 12.1 Å². The highest BCUT2D eigenvalue weighted by molar-refractivity contribution is 5.97. The highest BCUT2D eigenvalue weighted by Crippen LogP contribution is 2.37. The first-order chi connectivity index (χ1) is 12.9. The molecule has 3 aromatic rings. The first-order valence-electron chi connectivity index (χ1n) is 8.83. The second-order valence-electron chi connectivity index (χ2n) is 6.79. The number of benzene rings is 2. The number of hydrogen-bond donors (Lipinski definition) is 1. The van der Waals surface area contributed by atoms with Gasteiger partial charge in [-0.2, -0.15) is 13.2 Å². The third-order valence-electron chi connectivity index (χ3n) is 4.76. The molecule has 1 aliphatic rings. The maximum atomic E-state index is 12.6. The Hall–Kier alpha value is -2.83. The van der Waals surface area contributed by atoms with Crippen LogP contribution in [0.25, 0.3) is 11.0 Å². The van der Waals surface area contributed by atoms with Gasteiger partial charge in [-0.05, 0) is 55.2 Å². The highest BCUT2D eigenvalue weighted by atomic mass is 19.4. The number of fused-ring (bicyclic) bond motifs is 1. The molecule has 140 valence electrons. The molecular weight excluding hydrogens is 355 g/mol. The zero-order valence-electron chi connectivity index (χ0n) is 14.5. The third-order valence-corrected chi connectivity index (χ3v) is 4.76. The highest BCUT2D eigenvalue weighted by Gasteiger charge is 2.29. The van der Waals surface area contributed by atoms with Gasteiger partial charge in [-0.15, -0.1) is 0 Å². The predicted octanol–water partition coefficient (Wildman–Crippen LogP) is 4.36. The standard InChI is InChI=1S/C20H18F3N3O/c21-20(22,23)15-4-1-13(2-5-15)9-10-24-19(27)14-3-8-18-17(11-14)25-12-26(18)16-6-7-16/h1-5,8,11-12,16H,6-7,9-10H2,(H,24,27). The number of aromatic nitrogens is 2. The van der Waals surface area contributed by atoms with Crippen LogP contribution in [-0.2, 0) is 12.6 Å². The minimum absolute atomic E-state index is 0.218. The Morgan fingerprint density at radius 3 is 2.56 bits per heavy atom. The van der Waals surface area contributed by atoms with Crippen molar-refractivity contribution in [3.63, 3.8) is 0 Å². The minimum atomic E-state index is -4.34. The molecular formula is C20H18F3N3O. The Morgan fingerprint density at radius 2 is 1.89 bits per heavy atom. The molecule has 7 heteroatoms. The lowest BCUT2D eigenvalue weighted by atomic mass is 10.1. The molecule has 1 saturated carbocycles. The van der Waals surface area contributed by atoms with E-state index in [-0.39, 0.29) is 5.91 Å². The van der Waals surface area contributed by atoms with Gasteiger partial charge >= 0.3 is 6.18 Å². The maximum absolute atomic E-state index is 12.6. The molecule has 1 fully saturated rings. The number of amides is 1. The summed E-state index contributed by atoms with van der Waals surface area (Å²) in [4.78, 5) is 16.7. The molecule has 0 atom stereocenters. The summed E-state index contributed by atoms with van der Waals surface area (Å²) in [5.74, 6) is -0.218. The first-order valence-corrected chi connectivity index (χ1v) is 8.83. The third kappa shape index (κ3) is 3.82. The number of halogens is 3. The Balaban J connectivity index is 1.36. The number of rotatable bonds is 5. The number of nitrogens with one attached hydrogen (secondary N) is 1. The fraction of sp³-hybridized carbons (Fsp3) is 0.300. The van der Waals surface area contributed by atoms with Crippen LogP contribution in [0.15, 0.2) is 48.8 Å². The smallest absolute Gasteiger partial charge is 0.352 e. The Labute approximate surface area is 154 Å². The van der Waals surface area contributed by atoms with E-state index in [1.165, 1.54) is 12.1 Å². The summed E-state index contributed by atoms with van der Waals surface area (Å²) < 4.78 is 39.8. The van der Waals surface area contributed by atoms with Gasteiger partial charge in [-0.25, -0.2) is 4.98 Å². The van der Waals surface area contributed by atoms with Crippen LogP contribution in [0.3, 0.4) is 0 Å². The maximum Gasteiger partial charge on any atom is 0.416 e. The molecule has 1 N–H and O–H groups in total. The summed E-state index contributed by atoms with van der Waals surface area (Å²) >= 11 is 0. The van der Waals surface area contributed by atoms with Gasteiger partial charge in [0, 0.05) is 18.2 Å². The van der Waals surface area contributed by atoms with E-state index in [1.807, 2.05) is 12.4 Å². The zero-order valence-corrected chi connectivity index (χ0v) is 14.5. The van der Waals surface area contributed by atoms with Crippen LogP contribution in [0.5, 0.6) is 0 Å². The summed E-state index contributed by atoms with van der Waals surface area (Å²) in [7, 11) is 0. The topological polar surface area (TPSA) is 46.9 Å². The van der Waals surface area contributed by atoms with Gasteiger partial charge in [0.1, 0.15) is 0 Å². The summed E-state index contributed by atoms with van der Waals surface area (Å²) in [5, 5.41) is 2.80. The lowest BCUT2D eigenvalue weighted by Gasteiger charge is -2.08. The summed E-state index contributed by atoms with van der Waals surface area (Å²) in [6.45, 7) is 0.346. The first kappa shape index (κ1) is 17.6. The van der Waals surface area contributed by atoms with Crippen molar-refractivity contribution in [3.05, 3.63) is 65.5 Å². The number of hydrogen-bond acceptors (Lipinski definition) is 2. The predicted molar refractivity (Wildman–Crippen MR) is 95.5 cm³/mol. The number of carbonyl (C=O) groups excluding carboxylic acids is 1. The van der Waals surface area contributed by atoms with Gasteiger partial charge in [0.15, 0.2) is 0 Å². The van der Waals surface area contributed by atoms with Crippen molar-refractivity contribution in [3.8, 4) is 0 Å². The van der Waals surface area contributed by atoms with E-state index in [9.17, 15) is 18.0 Å². The molecule has 0 unspecified atom stereocenters. The molecule has 0 radical (unpaired) electrons. The van der Waals surface area contributed by atoms with E-state index in [1.54, 1.807) is 12.1 Å². The van der Waals surface area contributed by atoms with Crippen molar-refractivity contribution in [2.24, 2.45) is 0 Å². The van der Waals surface area contributed by atoms with Gasteiger partial charge in [0.2, 0.25) is 0 Å². The fourth-order valence-electron chi connectivity index (χ4n) is 3.10. The largest absolute Gasteiger partial charge is 0.416 e. The number of carbonyl (C=O) groups is 1. The monoisotopic (exact) mass is 373 g/mol. The number of nitrogens with zero attached hydrogens (tertiary/aromatic N) is 2. The molecule has 0 bridgehead atoms. The lowest BCUT2D eigenvalue weighted by molar-refractivity contribution is -0.137. The SMILES string of the molecule is O=C(NCCc1ccc(C(F)(F)F)cc1)c1ccc2c(c1)ncn2C1CC1. The van der Waals surface area contributed by atoms with Crippen LogP contribution in [-0.4, -0.2) is 22.0 Å². The van der Waals surface area contributed by atoms with Crippen molar-refractivity contribution in [2.45, 2.75) is 31.5 Å². The van der Waals surface area contributed by atoms with Crippen molar-refractivity contribution in [1.82, 2.24) is 14.9 Å². The molecule has 2 aromatic carbocycles. The summed E-state index contributed by atoms with van der Waals surface area (Å²) in [6, 6.07) is 11.0. The van der Waals surface area contributed by atoms with Gasteiger partial charge in [-0.3, -0.25) is 4.79 Å². The zero-order chi connectivity index (χ0) is 19.0. The molecule has 0 saturated heterocycles. The van der Waals surface area contributed by atoms with Crippen molar-refractivity contribution >= 4 is 16.9 Å². The molecule has 1 heterocycles. The number of imidazole rings is 1. The molecule has 27 heavy (non-hydrogen) atoms. The van der Waals surface area contributed by atoms with E-state index >= 15 is 0 Å². The lowest BCUT2D eigenvalue weighted by Crippen LogP contribution is -2.25. The molecule has 4 nitrogen and oxygen atoms in total. The second kappa shape index (κ2) is 6.72.